The van der Waals surface area contributed by atoms with Crippen molar-refractivity contribution in [2.45, 2.75) is 56.6 Å². The van der Waals surface area contributed by atoms with Crippen molar-refractivity contribution in [3.63, 3.8) is 0 Å². The molecule has 3 N–H and O–H groups in total. The van der Waals surface area contributed by atoms with Gasteiger partial charge in [0.1, 0.15) is 5.82 Å². The molecular formula is C16H24FN3O. The Kier molecular flexibility index (Phi) is 4.52. The van der Waals surface area contributed by atoms with Gasteiger partial charge in [0.15, 0.2) is 0 Å². The Labute approximate surface area is 125 Å². The number of hydrogen-bond acceptors (Lipinski definition) is 4. The molecule has 3 rings (SSSR count). The first-order valence-corrected chi connectivity index (χ1v) is 7.94. The lowest BCUT2D eigenvalue weighted by Crippen LogP contribution is -2.46. The van der Waals surface area contributed by atoms with Crippen LogP contribution in [0.2, 0.25) is 0 Å². The first-order valence-electron chi connectivity index (χ1n) is 7.94. The Bertz CT molecular complexity index is 454. The molecular weight excluding hydrogens is 269 g/mol. The van der Waals surface area contributed by atoms with E-state index in [1.807, 2.05) is 0 Å². The van der Waals surface area contributed by atoms with E-state index in [0.29, 0.717) is 5.92 Å². The van der Waals surface area contributed by atoms with Gasteiger partial charge in [-0.2, -0.15) is 0 Å². The van der Waals surface area contributed by atoms with E-state index in [1.165, 1.54) is 31.5 Å². The van der Waals surface area contributed by atoms with Gasteiger partial charge in [0.05, 0.1) is 23.5 Å². The van der Waals surface area contributed by atoms with Crippen LogP contribution in [0, 0.1) is 11.7 Å². The van der Waals surface area contributed by atoms with Crippen molar-refractivity contribution in [1.82, 2.24) is 10.4 Å². The van der Waals surface area contributed by atoms with E-state index in [1.54, 1.807) is 6.07 Å². The average molecular weight is 293 g/mol. The van der Waals surface area contributed by atoms with Gasteiger partial charge in [-0.05, 0) is 43.7 Å². The lowest BCUT2D eigenvalue weighted by Gasteiger charge is -2.45. The van der Waals surface area contributed by atoms with Crippen molar-refractivity contribution in [1.29, 1.82) is 0 Å². The summed E-state index contributed by atoms with van der Waals surface area (Å²) in [6, 6.07) is 3.14. The Morgan fingerprint density at radius 1 is 1.33 bits per heavy atom. The zero-order valence-electron chi connectivity index (χ0n) is 12.4. The Morgan fingerprint density at radius 2 is 2.14 bits per heavy atom. The summed E-state index contributed by atoms with van der Waals surface area (Å²) in [5.41, 5.74) is 3.74. The van der Waals surface area contributed by atoms with Gasteiger partial charge in [-0.3, -0.25) is 16.3 Å². The third kappa shape index (κ3) is 3.25. The third-order valence-electron chi connectivity index (χ3n) is 5.02. The van der Waals surface area contributed by atoms with Crippen molar-refractivity contribution in [3.05, 3.63) is 29.8 Å². The standard InChI is InChI=1S/C16H24FN3O/c17-13-4-5-14(19-11-13)15(20-18)12-6-9-21-16(10-12)7-2-1-3-8-16/h4-5,11-12,15,20H,1-3,6-10,18H2. The molecule has 2 unspecified atom stereocenters. The minimum Gasteiger partial charge on any atom is -0.375 e. The molecule has 116 valence electrons. The van der Waals surface area contributed by atoms with E-state index < -0.39 is 0 Å². The van der Waals surface area contributed by atoms with E-state index in [4.69, 9.17) is 10.6 Å². The highest BCUT2D eigenvalue weighted by molar-refractivity contribution is 5.12. The zero-order valence-corrected chi connectivity index (χ0v) is 12.4. The van der Waals surface area contributed by atoms with Crippen LogP contribution in [0.5, 0.6) is 0 Å². The first-order chi connectivity index (χ1) is 10.2. The fourth-order valence-electron chi connectivity index (χ4n) is 3.93. The molecule has 2 atom stereocenters. The normalized spacial score (nSPS) is 26.7. The number of nitrogens with zero attached hydrogens (tertiary/aromatic N) is 1. The number of hydrazine groups is 1. The highest BCUT2D eigenvalue weighted by Gasteiger charge is 2.41. The average Bonchev–Trinajstić information content (AvgIpc) is 2.51. The van der Waals surface area contributed by atoms with Gasteiger partial charge in [0.2, 0.25) is 0 Å². The molecule has 4 nitrogen and oxygen atoms in total. The largest absolute Gasteiger partial charge is 0.375 e. The van der Waals surface area contributed by atoms with Gasteiger partial charge in [-0.25, -0.2) is 4.39 Å². The zero-order chi connectivity index (χ0) is 14.7. The number of aromatic nitrogens is 1. The van der Waals surface area contributed by atoms with E-state index >= 15 is 0 Å². The lowest BCUT2D eigenvalue weighted by atomic mass is 9.73. The Hall–Kier alpha value is -1.04. The minimum absolute atomic E-state index is 0.0340. The topological polar surface area (TPSA) is 60.2 Å². The fourth-order valence-corrected chi connectivity index (χ4v) is 3.93. The maximum absolute atomic E-state index is 13.0. The summed E-state index contributed by atoms with van der Waals surface area (Å²) >= 11 is 0. The molecule has 0 bridgehead atoms. The molecule has 0 radical (unpaired) electrons. The number of nitrogens with two attached hydrogens (primary N) is 1. The molecule has 21 heavy (non-hydrogen) atoms. The predicted molar refractivity (Wildman–Crippen MR) is 78.8 cm³/mol. The van der Waals surface area contributed by atoms with Crippen molar-refractivity contribution in [3.8, 4) is 0 Å². The molecule has 1 saturated heterocycles. The fraction of sp³-hybridized carbons (Fsp3) is 0.688. The number of halogens is 1. The van der Waals surface area contributed by atoms with Crippen LogP contribution in [0.15, 0.2) is 18.3 Å². The van der Waals surface area contributed by atoms with Crippen molar-refractivity contribution >= 4 is 0 Å². The minimum atomic E-state index is -0.315. The summed E-state index contributed by atoms with van der Waals surface area (Å²) in [6.07, 6.45) is 9.36. The summed E-state index contributed by atoms with van der Waals surface area (Å²) in [5, 5.41) is 0. The summed E-state index contributed by atoms with van der Waals surface area (Å²) in [7, 11) is 0. The van der Waals surface area contributed by atoms with Gasteiger partial charge in [-0.15, -0.1) is 0 Å². The van der Waals surface area contributed by atoms with Gasteiger partial charge in [-0.1, -0.05) is 19.3 Å². The molecule has 5 heteroatoms. The summed E-state index contributed by atoms with van der Waals surface area (Å²) in [6.45, 7) is 0.782. The predicted octanol–water partition coefficient (Wildman–Crippen LogP) is 2.85. The molecule has 1 aromatic rings. The molecule has 1 saturated carbocycles. The van der Waals surface area contributed by atoms with Crippen LogP contribution in [-0.2, 0) is 4.74 Å². The number of nitrogens with one attached hydrogen (secondary N) is 1. The first kappa shape index (κ1) is 14.9. The second-order valence-electron chi connectivity index (χ2n) is 6.39. The lowest BCUT2D eigenvalue weighted by molar-refractivity contribution is -0.122. The monoisotopic (exact) mass is 293 g/mol. The second kappa shape index (κ2) is 6.38. The van der Waals surface area contributed by atoms with E-state index in [0.717, 1.165) is 38.0 Å². The van der Waals surface area contributed by atoms with E-state index in [-0.39, 0.29) is 17.5 Å². The quantitative estimate of drug-likeness (QED) is 0.664. The SMILES string of the molecule is NNC(c1ccc(F)cn1)C1CCOC2(CCCCC2)C1. The number of rotatable bonds is 3. The van der Waals surface area contributed by atoms with Crippen LogP contribution < -0.4 is 11.3 Å². The van der Waals surface area contributed by atoms with Gasteiger partial charge in [0.25, 0.3) is 0 Å². The molecule has 1 aromatic heterocycles. The molecule has 2 fully saturated rings. The maximum atomic E-state index is 13.0. The highest BCUT2D eigenvalue weighted by atomic mass is 19.1. The second-order valence-corrected chi connectivity index (χ2v) is 6.39. The Morgan fingerprint density at radius 3 is 2.81 bits per heavy atom. The van der Waals surface area contributed by atoms with Gasteiger partial charge in [0, 0.05) is 6.61 Å². The molecule has 2 aliphatic rings. The smallest absolute Gasteiger partial charge is 0.141 e. The van der Waals surface area contributed by atoms with Crippen LogP contribution in [0.25, 0.3) is 0 Å². The number of hydrogen-bond donors (Lipinski definition) is 2. The van der Waals surface area contributed by atoms with Crippen LogP contribution in [0.4, 0.5) is 4.39 Å². The van der Waals surface area contributed by atoms with Crippen LogP contribution in [-0.4, -0.2) is 17.2 Å². The van der Waals surface area contributed by atoms with Crippen LogP contribution in [0.1, 0.15) is 56.7 Å². The molecule has 0 amide bonds. The highest BCUT2D eigenvalue weighted by Crippen LogP contribution is 2.43. The van der Waals surface area contributed by atoms with E-state index in [2.05, 4.69) is 10.4 Å². The number of ether oxygens (including phenoxy) is 1. The van der Waals surface area contributed by atoms with Crippen LogP contribution >= 0.6 is 0 Å². The van der Waals surface area contributed by atoms with Crippen molar-refractivity contribution in [2.24, 2.45) is 11.8 Å². The van der Waals surface area contributed by atoms with E-state index in [9.17, 15) is 4.39 Å². The Balaban J connectivity index is 1.75. The molecule has 1 aliphatic heterocycles. The van der Waals surface area contributed by atoms with Gasteiger partial charge < -0.3 is 4.74 Å². The van der Waals surface area contributed by atoms with Crippen molar-refractivity contribution < 1.29 is 9.13 Å². The molecule has 2 heterocycles. The molecule has 1 aliphatic carbocycles. The summed E-state index contributed by atoms with van der Waals surface area (Å²) in [5.74, 6) is 5.84. The molecule has 1 spiro atoms. The van der Waals surface area contributed by atoms with Gasteiger partial charge >= 0.3 is 0 Å². The number of pyridine rings is 1. The summed E-state index contributed by atoms with van der Waals surface area (Å²) < 4.78 is 19.2. The molecule has 0 aromatic carbocycles. The third-order valence-corrected chi connectivity index (χ3v) is 5.02. The van der Waals surface area contributed by atoms with Crippen LogP contribution in [0.3, 0.4) is 0 Å². The summed E-state index contributed by atoms with van der Waals surface area (Å²) in [4.78, 5) is 4.20. The maximum Gasteiger partial charge on any atom is 0.141 e. The van der Waals surface area contributed by atoms with Crippen molar-refractivity contribution in [2.75, 3.05) is 6.61 Å².